The molecule has 9 heteroatoms. The van der Waals surface area contributed by atoms with Crippen molar-refractivity contribution in [2.75, 3.05) is 12.3 Å². The van der Waals surface area contributed by atoms with Crippen molar-refractivity contribution < 1.29 is 20.4 Å². The molecule has 1 saturated heterocycles. The molecule has 0 saturated carbocycles. The van der Waals surface area contributed by atoms with Gasteiger partial charge >= 0.3 is 0 Å². The molecule has 0 bridgehead atoms. The van der Waals surface area contributed by atoms with Crippen molar-refractivity contribution in [3.8, 4) is 5.75 Å². The van der Waals surface area contributed by atoms with E-state index < -0.39 is 24.3 Å². The first-order chi connectivity index (χ1) is 9.54. The molecule has 20 heavy (non-hydrogen) atoms. The van der Waals surface area contributed by atoms with Crippen molar-refractivity contribution in [1.82, 2.24) is 19.9 Å². The van der Waals surface area contributed by atoms with Gasteiger partial charge in [-0.15, -0.1) is 0 Å². The average molecular weight is 281 g/mol. The zero-order chi connectivity index (χ0) is 14.4. The molecule has 3 rings (SSSR count). The minimum atomic E-state index is -1.14. The number of aromatic nitrogens is 3. The van der Waals surface area contributed by atoms with Gasteiger partial charge in [0.05, 0.1) is 30.5 Å². The van der Waals surface area contributed by atoms with Gasteiger partial charge in [0, 0.05) is 6.07 Å². The van der Waals surface area contributed by atoms with Crippen LogP contribution in [0.3, 0.4) is 0 Å². The quantitative estimate of drug-likeness (QED) is 0.361. The minimum Gasteiger partial charge on any atom is -0.505 e. The number of nitrogens with zero attached hydrogens (tertiary/aromatic N) is 3. The van der Waals surface area contributed by atoms with Crippen LogP contribution in [0.1, 0.15) is 11.7 Å². The van der Waals surface area contributed by atoms with Crippen molar-refractivity contribution in [2.24, 2.45) is 0 Å². The lowest BCUT2D eigenvalue weighted by Gasteiger charge is -2.15. The van der Waals surface area contributed by atoms with E-state index in [4.69, 9.17) is 10.8 Å². The van der Waals surface area contributed by atoms with Gasteiger partial charge in [-0.05, 0) is 0 Å². The number of rotatable bonds is 2. The van der Waals surface area contributed by atoms with Crippen molar-refractivity contribution >= 4 is 11.3 Å². The second kappa shape index (κ2) is 4.56. The Morgan fingerprint density at radius 3 is 2.75 bits per heavy atom. The summed E-state index contributed by atoms with van der Waals surface area (Å²) in [6.07, 6.45) is -1.02. The second-order valence-corrected chi connectivity index (χ2v) is 4.77. The van der Waals surface area contributed by atoms with Gasteiger partial charge in [-0.3, -0.25) is 5.32 Å². The monoisotopic (exact) mass is 281 g/mol. The SMILES string of the molecule is Nc1ncnn2c([C@@H]3N[C@H](CO)[C@@H](O)[C@H]3O)cc(O)c12. The van der Waals surface area contributed by atoms with Crippen LogP contribution in [0.5, 0.6) is 5.75 Å². The molecule has 108 valence electrons. The Hall–Kier alpha value is -1.94. The van der Waals surface area contributed by atoms with Gasteiger partial charge in [-0.2, -0.15) is 5.10 Å². The Balaban J connectivity index is 2.10. The van der Waals surface area contributed by atoms with Crippen LogP contribution in [0, 0.1) is 0 Å². The summed E-state index contributed by atoms with van der Waals surface area (Å²) in [5.74, 6) is -0.00969. The molecule has 0 aliphatic carbocycles. The van der Waals surface area contributed by atoms with Crippen LogP contribution >= 0.6 is 0 Å². The number of nitrogen functional groups attached to an aromatic ring is 1. The normalized spacial score (nSPS) is 30.1. The van der Waals surface area contributed by atoms with Crippen molar-refractivity contribution in [3.05, 3.63) is 18.1 Å². The predicted molar refractivity (Wildman–Crippen MR) is 67.8 cm³/mol. The molecular formula is C11H15N5O4. The van der Waals surface area contributed by atoms with Crippen LogP contribution < -0.4 is 11.1 Å². The van der Waals surface area contributed by atoms with Gasteiger partial charge in [0.25, 0.3) is 0 Å². The van der Waals surface area contributed by atoms with E-state index in [-0.39, 0.29) is 23.7 Å². The first-order valence-electron chi connectivity index (χ1n) is 6.08. The molecule has 1 fully saturated rings. The van der Waals surface area contributed by atoms with Crippen LogP contribution in [0.15, 0.2) is 12.4 Å². The number of aliphatic hydroxyl groups is 3. The fraction of sp³-hybridized carbons (Fsp3) is 0.455. The molecule has 0 radical (unpaired) electrons. The highest BCUT2D eigenvalue weighted by atomic mass is 16.3. The molecular weight excluding hydrogens is 266 g/mol. The molecule has 3 heterocycles. The largest absolute Gasteiger partial charge is 0.505 e. The molecule has 2 aromatic rings. The van der Waals surface area contributed by atoms with E-state index in [1.54, 1.807) is 0 Å². The highest BCUT2D eigenvalue weighted by Crippen LogP contribution is 2.33. The third-order valence-corrected chi connectivity index (χ3v) is 3.60. The van der Waals surface area contributed by atoms with Crippen LogP contribution in [-0.2, 0) is 0 Å². The molecule has 0 amide bonds. The topological polar surface area (TPSA) is 149 Å². The van der Waals surface area contributed by atoms with E-state index in [9.17, 15) is 15.3 Å². The molecule has 2 aromatic heterocycles. The van der Waals surface area contributed by atoms with Gasteiger partial charge in [0.2, 0.25) is 0 Å². The summed E-state index contributed by atoms with van der Waals surface area (Å²) in [5, 5.41) is 45.8. The lowest BCUT2D eigenvalue weighted by Crippen LogP contribution is -2.35. The zero-order valence-electron chi connectivity index (χ0n) is 10.4. The van der Waals surface area contributed by atoms with Gasteiger partial charge in [-0.25, -0.2) is 9.50 Å². The number of hydrogen-bond donors (Lipinski definition) is 6. The molecule has 7 N–H and O–H groups in total. The number of nitrogens with one attached hydrogen (secondary N) is 1. The Morgan fingerprint density at radius 2 is 2.10 bits per heavy atom. The minimum absolute atomic E-state index is 0.107. The molecule has 1 aliphatic heterocycles. The standard InChI is InChI=1S/C11H15N5O4/c12-11-8-6(18)1-5(16(8)14-3-13-11)7-10(20)9(19)4(2-17)15-7/h1,3-4,7,9-10,15,17-20H,2H2,(H2,12,13,14)/t4-,7+,9-,10+/m1/s1. The summed E-state index contributed by atoms with van der Waals surface area (Å²) in [6.45, 7) is -0.318. The van der Waals surface area contributed by atoms with Gasteiger partial charge < -0.3 is 26.2 Å². The number of aromatic hydroxyl groups is 1. The Labute approximate surface area is 113 Å². The van der Waals surface area contributed by atoms with Gasteiger partial charge in [0.1, 0.15) is 23.7 Å². The highest BCUT2D eigenvalue weighted by molar-refractivity contribution is 5.74. The number of hydrogen-bond acceptors (Lipinski definition) is 8. The Morgan fingerprint density at radius 1 is 1.35 bits per heavy atom. The van der Waals surface area contributed by atoms with Crippen molar-refractivity contribution in [3.63, 3.8) is 0 Å². The maximum atomic E-state index is 10.1. The van der Waals surface area contributed by atoms with Crippen molar-refractivity contribution in [1.29, 1.82) is 0 Å². The maximum absolute atomic E-state index is 10.1. The van der Waals surface area contributed by atoms with E-state index in [0.29, 0.717) is 5.69 Å². The molecule has 4 atom stereocenters. The lowest BCUT2D eigenvalue weighted by molar-refractivity contribution is 0.0188. The first-order valence-corrected chi connectivity index (χ1v) is 6.08. The summed E-state index contributed by atoms with van der Waals surface area (Å²) in [7, 11) is 0. The highest BCUT2D eigenvalue weighted by Gasteiger charge is 2.43. The lowest BCUT2D eigenvalue weighted by atomic mass is 10.1. The summed E-state index contributed by atoms with van der Waals surface area (Å²) in [6, 6.07) is 0.0556. The van der Waals surface area contributed by atoms with Gasteiger partial charge in [-0.1, -0.05) is 0 Å². The summed E-state index contributed by atoms with van der Waals surface area (Å²) in [5.41, 5.74) is 6.34. The summed E-state index contributed by atoms with van der Waals surface area (Å²) in [4.78, 5) is 3.79. The number of nitrogens with two attached hydrogens (primary N) is 1. The fourth-order valence-corrected chi connectivity index (χ4v) is 2.58. The first kappa shape index (κ1) is 13.1. The zero-order valence-corrected chi connectivity index (χ0v) is 10.4. The van der Waals surface area contributed by atoms with Crippen LogP contribution in [0.4, 0.5) is 5.82 Å². The Bertz CT molecular complexity index is 645. The third-order valence-electron chi connectivity index (χ3n) is 3.60. The van der Waals surface area contributed by atoms with Crippen molar-refractivity contribution in [2.45, 2.75) is 24.3 Å². The van der Waals surface area contributed by atoms with E-state index >= 15 is 0 Å². The summed E-state index contributed by atoms with van der Waals surface area (Å²) >= 11 is 0. The number of anilines is 1. The van der Waals surface area contributed by atoms with E-state index in [0.717, 1.165) is 0 Å². The van der Waals surface area contributed by atoms with E-state index in [1.165, 1.54) is 16.9 Å². The summed E-state index contributed by atoms with van der Waals surface area (Å²) < 4.78 is 1.35. The van der Waals surface area contributed by atoms with E-state index in [2.05, 4.69) is 15.4 Å². The molecule has 0 aromatic carbocycles. The predicted octanol–water partition coefficient (Wildman–Crippen LogP) is -2.26. The van der Waals surface area contributed by atoms with Crippen LogP contribution in [0.2, 0.25) is 0 Å². The third kappa shape index (κ3) is 1.72. The van der Waals surface area contributed by atoms with Gasteiger partial charge in [0.15, 0.2) is 5.82 Å². The second-order valence-electron chi connectivity index (χ2n) is 4.77. The van der Waals surface area contributed by atoms with E-state index in [1.807, 2.05) is 0 Å². The number of fused-ring (bicyclic) bond motifs is 1. The maximum Gasteiger partial charge on any atom is 0.155 e. The molecule has 0 spiro atoms. The molecule has 0 unspecified atom stereocenters. The average Bonchev–Trinajstić information content (AvgIpc) is 2.90. The van der Waals surface area contributed by atoms with Crippen LogP contribution in [0.25, 0.3) is 5.52 Å². The smallest absolute Gasteiger partial charge is 0.155 e. The van der Waals surface area contributed by atoms with Crippen LogP contribution in [-0.4, -0.2) is 59.9 Å². The Kier molecular flexibility index (Phi) is 2.98. The molecule has 1 aliphatic rings. The number of aliphatic hydroxyl groups excluding tert-OH is 3. The molecule has 9 nitrogen and oxygen atoms in total. The fourth-order valence-electron chi connectivity index (χ4n) is 2.58.